The second kappa shape index (κ2) is 8.22. The maximum absolute atomic E-state index is 13.1. The molecule has 3 heterocycles. The summed E-state index contributed by atoms with van der Waals surface area (Å²) >= 11 is 7.62. The minimum atomic E-state index is -0.232. The zero-order valence-electron chi connectivity index (χ0n) is 16.1. The summed E-state index contributed by atoms with van der Waals surface area (Å²) in [5, 5.41) is 1.62. The second-order valence-electron chi connectivity index (χ2n) is 7.27. The number of thiazole rings is 1. The van der Waals surface area contributed by atoms with Gasteiger partial charge in [-0.15, -0.1) is 11.3 Å². The second-order valence-corrected chi connectivity index (χ2v) is 8.82. The fraction of sp³-hybridized carbons (Fsp3) is 0.174. The molecular formula is C23H18ClFN4S. The van der Waals surface area contributed by atoms with Crippen molar-refractivity contribution in [1.29, 1.82) is 0 Å². The zero-order chi connectivity index (χ0) is 20.5. The molecule has 1 aliphatic heterocycles. The van der Waals surface area contributed by atoms with Gasteiger partial charge in [0.1, 0.15) is 10.8 Å². The van der Waals surface area contributed by atoms with Crippen molar-refractivity contribution in [3.63, 3.8) is 0 Å². The maximum atomic E-state index is 13.1. The normalized spacial score (nSPS) is 13.9. The van der Waals surface area contributed by atoms with Crippen LogP contribution in [-0.2, 0) is 19.5 Å². The Balaban J connectivity index is 1.28. The third-order valence-electron chi connectivity index (χ3n) is 5.14. The van der Waals surface area contributed by atoms with E-state index in [1.165, 1.54) is 22.6 Å². The van der Waals surface area contributed by atoms with Crippen LogP contribution in [0.1, 0.15) is 16.1 Å². The molecular weight excluding hydrogens is 419 g/mol. The van der Waals surface area contributed by atoms with E-state index in [2.05, 4.69) is 14.9 Å². The summed E-state index contributed by atoms with van der Waals surface area (Å²) in [6.07, 6.45) is 4.75. The monoisotopic (exact) mass is 436 g/mol. The number of aromatic nitrogens is 3. The zero-order valence-corrected chi connectivity index (χ0v) is 17.6. The molecule has 0 unspecified atom stereocenters. The highest BCUT2D eigenvalue weighted by Crippen LogP contribution is 2.28. The van der Waals surface area contributed by atoms with Crippen molar-refractivity contribution in [2.75, 3.05) is 6.54 Å². The van der Waals surface area contributed by atoms with E-state index >= 15 is 0 Å². The average molecular weight is 437 g/mol. The first kappa shape index (κ1) is 19.3. The minimum absolute atomic E-state index is 0.232. The van der Waals surface area contributed by atoms with E-state index in [9.17, 15) is 4.39 Å². The Kier molecular flexibility index (Phi) is 5.29. The average Bonchev–Trinajstić information content (AvgIpc) is 3.23. The fourth-order valence-corrected chi connectivity index (χ4v) is 4.66. The molecule has 150 valence electrons. The first-order valence-electron chi connectivity index (χ1n) is 9.68. The minimum Gasteiger partial charge on any atom is -0.293 e. The number of hydrogen-bond donors (Lipinski definition) is 0. The summed E-state index contributed by atoms with van der Waals surface area (Å²) in [4.78, 5) is 17.4. The summed E-state index contributed by atoms with van der Waals surface area (Å²) in [5.74, 6) is 0.509. The first-order valence-corrected chi connectivity index (χ1v) is 10.9. The van der Waals surface area contributed by atoms with Crippen LogP contribution in [0.25, 0.3) is 22.0 Å². The lowest BCUT2D eigenvalue weighted by Gasteiger charge is -2.27. The molecule has 30 heavy (non-hydrogen) atoms. The highest BCUT2D eigenvalue weighted by atomic mass is 35.5. The molecule has 0 fully saturated rings. The van der Waals surface area contributed by atoms with Crippen LogP contribution in [0.3, 0.4) is 0 Å². The van der Waals surface area contributed by atoms with Crippen LogP contribution in [0.15, 0.2) is 60.9 Å². The number of nitrogens with zero attached hydrogens (tertiary/aromatic N) is 4. The van der Waals surface area contributed by atoms with Crippen LogP contribution in [-0.4, -0.2) is 26.4 Å². The lowest BCUT2D eigenvalue weighted by molar-refractivity contribution is 0.245. The van der Waals surface area contributed by atoms with E-state index < -0.39 is 0 Å². The standard InChI is InChI=1S/C23H18ClFN4S/c24-18-5-1-15(2-6-18)22-26-11-17-13-29(10-9-21(17)28-22)14-20-12-27-23(30-20)16-3-7-19(25)8-4-16/h1-8,11-12H,9-10,13-14H2. The van der Waals surface area contributed by atoms with Gasteiger partial charge in [0.15, 0.2) is 5.82 Å². The highest BCUT2D eigenvalue weighted by Gasteiger charge is 2.20. The number of rotatable bonds is 4. The van der Waals surface area contributed by atoms with Crippen molar-refractivity contribution in [2.45, 2.75) is 19.5 Å². The quantitative estimate of drug-likeness (QED) is 0.416. The third-order valence-corrected chi connectivity index (χ3v) is 6.42. The van der Waals surface area contributed by atoms with E-state index in [-0.39, 0.29) is 5.82 Å². The third kappa shape index (κ3) is 4.12. The van der Waals surface area contributed by atoms with Crippen LogP contribution in [0.5, 0.6) is 0 Å². The van der Waals surface area contributed by atoms with Gasteiger partial charge in [0, 0.05) is 65.0 Å². The van der Waals surface area contributed by atoms with Crippen molar-refractivity contribution in [1.82, 2.24) is 19.9 Å². The molecule has 7 heteroatoms. The lowest BCUT2D eigenvalue weighted by Crippen LogP contribution is -2.30. The molecule has 0 N–H and O–H groups in total. The summed E-state index contributed by atoms with van der Waals surface area (Å²) in [7, 11) is 0. The SMILES string of the molecule is Fc1ccc(-c2ncc(CN3CCc4nc(-c5ccc(Cl)cc5)ncc4C3)s2)cc1. The highest BCUT2D eigenvalue weighted by molar-refractivity contribution is 7.15. The molecule has 0 saturated carbocycles. The van der Waals surface area contributed by atoms with Gasteiger partial charge in [0.05, 0.1) is 5.69 Å². The van der Waals surface area contributed by atoms with Gasteiger partial charge >= 0.3 is 0 Å². The molecule has 0 bridgehead atoms. The van der Waals surface area contributed by atoms with Gasteiger partial charge < -0.3 is 0 Å². The topological polar surface area (TPSA) is 41.9 Å². The van der Waals surface area contributed by atoms with Crippen LogP contribution >= 0.6 is 22.9 Å². The molecule has 1 aliphatic rings. The van der Waals surface area contributed by atoms with Gasteiger partial charge in [-0.3, -0.25) is 4.90 Å². The summed E-state index contributed by atoms with van der Waals surface area (Å²) in [6.45, 7) is 2.59. The number of benzene rings is 2. The first-order chi connectivity index (χ1) is 14.6. The van der Waals surface area contributed by atoms with Crippen molar-refractivity contribution in [3.8, 4) is 22.0 Å². The van der Waals surface area contributed by atoms with E-state index in [0.717, 1.165) is 53.7 Å². The molecule has 4 nitrogen and oxygen atoms in total. The molecule has 0 aliphatic carbocycles. The molecule has 0 amide bonds. The van der Waals surface area contributed by atoms with Crippen molar-refractivity contribution in [2.24, 2.45) is 0 Å². The molecule has 5 rings (SSSR count). The van der Waals surface area contributed by atoms with E-state index in [0.29, 0.717) is 5.02 Å². The Morgan fingerprint density at radius 3 is 2.53 bits per heavy atom. The fourth-order valence-electron chi connectivity index (χ4n) is 3.57. The van der Waals surface area contributed by atoms with Crippen molar-refractivity contribution >= 4 is 22.9 Å². The Labute approximate surface area is 183 Å². The molecule has 4 aromatic rings. The van der Waals surface area contributed by atoms with Gasteiger partial charge in [-0.05, 0) is 48.5 Å². The summed E-state index contributed by atoms with van der Waals surface area (Å²) < 4.78 is 13.1. The van der Waals surface area contributed by atoms with Gasteiger partial charge in [-0.25, -0.2) is 19.3 Å². The lowest BCUT2D eigenvalue weighted by atomic mass is 10.1. The number of fused-ring (bicyclic) bond motifs is 1. The molecule has 0 spiro atoms. The van der Waals surface area contributed by atoms with Gasteiger partial charge in [-0.2, -0.15) is 0 Å². The number of hydrogen-bond acceptors (Lipinski definition) is 5. The Morgan fingerprint density at radius 1 is 0.967 bits per heavy atom. The smallest absolute Gasteiger partial charge is 0.159 e. The van der Waals surface area contributed by atoms with Crippen LogP contribution in [0.2, 0.25) is 5.02 Å². The Bertz CT molecular complexity index is 1170. The summed E-state index contributed by atoms with van der Waals surface area (Å²) in [5.41, 5.74) is 4.20. The summed E-state index contributed by atoms with van der Waals surface area (Å²) in [6, 6.07) is 14.1. The maximum Gasteiger partial charge on any atom is 0.159 e. The van der Waals surface area contributed by atoms with Gasteiger partial charge in [0.2, 0.25) is 0 Å². The predicted molar refractivity (Wildman–Crippen MR) is 118 cm³/mol. The molecule has 2 aromatic heterocycles. The van der Waals surface area contributed by atoms with Crippen molar-refractivity contribution < 1.29 is 4.39 Å². The Morgan fingerprint density at radius 2 is 1.73 bits per heavy atom. The van der Waals surface area contributed by atoms with Crippen molar-refractivity contribution in [3.05, 3.63) is 87.9 Å². The molecule has 0 radical (unpaired) electrons. The van der Waals surface area contributed by atoms with Gasteiger partial charge in [0.25, 0.3) is 0 Å². The molecule has 0 saturated heterocycles. The molecule has 2 aromatic carbocycles. The predicted octanol–water partition coefficient (Wildman–Crippen LogP) is 5.62. The van der Waals surface area contributed by atoms with E-state index in [1.807, 2.05) is 36.7 Å². The van der Waals surface area contributed by atoms with E-state index in [4.69, 9.17) is 16.6 Å². The van der Waals surface area contributed by atoms with Crippen LogP contribution in [0.4, 0.5) is 4.39 Å². The number of halogens is 2. The van der Waals surface area contributed by atoms with E-state index in [1.54, 1.807) is 23.5 Å². The largest absolute Gasteiger partial charge is 0.293 e. The molecule has 0 atom stereocenters. The Hall–Kier alpha value is -2.67. The van der Waals surface area contributed by atoms with Crippen LogP contribution < -0.4 is 0 Å². The van der Waals surface area contributed by atoms with Crippen LogP contribution in [0, 0.1) is 5.82 Å². The van der Waals surface area contributed by atoms with Gasteiger partial charge in [-0.1, -0.05) is 11.6 Å².